The van der Waals surface area contributed by atoms with Crippen molar-refractivity contribution in [3.63, 3.8) is 0 Å². The second kappa shape index (κ2) is 11.3. The van der Waals surface area contributed by atoms with Crippen LogP contribution in [0.15, 0.2) is 28.8 Å². The molecule has 0 radical (unpaired) electrons. The number of aliphatic hydroxyl groups excluding tert-OH is 1. The van der Waals surface area contributed by atoms with E-state index in [4.69, 9.17) is 9.26 Å². The van der Waals surface area contributed by atoms with Crippen molar-refractivity contribution in [1.82, 2.24) is 19.9 Å². The van der Waals surface area contributed by atoms with Crippen LogP contribution in [0.25, 0.3) is 11.4 Å². The molecule has 170 valence electrons. The van der Waals surface area contributed by atoms with E-state index in [1.54, 1.807) is 12.1 Å². The molecule has 1 unspecified atom stereocenters. The fourth-order valence-corrected chi connectivity index (χ4v) is 3.70. The number of nitro benzene ring substituents is 1. The van der Waals surface area contributed by atoms with E-state index in [9.17, 15) is 15.2 Å². The number of hydrogen-bond donors (Lipinski definition) is 1. The highest BCUT2D eigenvalue weighted by Gasteiger charge is 2.19. The summed E-state index contributed by atoms with van der Waals surface area (Å²) in [5.74, 6) is 1.26. The first-order chi connectivity index (χ1) is 14.9. The summed E-state index contributed by atoms with van der Waals surface area (Å²) >= 11 is 0. The van der Waals surface area contributed by atoms with Gasteiger partial charge in [-0.25, -0.2) is 0 Å². The third kappa shape index (κ3) is 7.35. The van der Waals surface area contributed by atoms with Gasteiger partial charge >= 0.3 is 0 Å². The SMILES string of the molecule is CC(C)CN(CCc1nc(-c2cccc([N+](=O)[O-])c2)no1)CC(O)CN1CCOCC1. The minimum atomic E-state index is -0.448. The summed E-state index contributed by atoms with van der Waals surface area (Å²) in [5, 5.41) is 25.5. The second-order valence-corrected chi connectivity index (χ2v) is 8.29. The number of aromatic nitrogens is 2. The summed E-state index contributed by atoms with van der Waals surface area (Å²) in [6.07, 6.45) is 0.0961. The van der Waals surface area contributed by atoms with Gasteiger partial charge in [-0.1, -0.05) is 31.1 Å². The highest BCUT2D eigenvalue weighted by Crippen LogP contribution is 2.21. The Morgan fingerprint density at radius 1 is 1.29 bits per heavy atom. The van der Waals surface area contributed by atoms with Gasteiger partial charge in [0.25, 0.3) is 5.69 Å². The first-order valence-corrected chi connectivity index (χ1v) is 10.7. The predicted molar refractivity (Wildman–Crippen MR) is 115 cm³/mol. The normalized spacial score (nSPS) is 16.2. The van der Waals surface area contributed by atoms with Gasteiger partial charge in [0.1, 0.15) is 0 Å². The van der Waals surface area contributed by atoms with E-state index in [0.29, 0.717) is 62.5 Å². The second-order valence-electron chi connectivity index (χ2n) is 8.29. The standard InChI is InChI=1S/C21H31N5O5/c1-16(2)13-25(15-19(27)14-24-8-10-30-11-9-24)7-6-20-22-21(23-31-20)17-4-3-5-18(12-17)26(28)29/h3-5,12,16,19,27H,6-11,13-15H2,1-2H3. The van der Waals surface area contributed by atoms with Gasteiger partial charge in [0, 0.05) is 63.4 Å². The van der Waals surface area contributed by atoms with Crippen LogP contribution in [0.2, 0.25) is 0 Å². The molecule has 3 rings (SSSR count). The zero-order chi connectivity index (χ0) is 22.2. The summed E-state index contributed by atoms with van der Waals surface area (Å²) in [6, 6.07) is 6.18. The summed E-state index contributed by atoms with van der Waals surface area (Å²) in [7, 11) is 0. The molecule has 0 amide bonds. The third-order valence-electron chi connectivity index (χ3n) is 5.09. The van der Waals surface area contributed by atoms with Crippen LogP contribution < -0.4 is 0 Å². The maximum Gasteiger partial charge on any atom is 0.270 e. The Balaban J connectivity index is 1.56. The van der Waals surface area contributed by atoms with E-state index >= 15 is 0 Å². The van der Waals surface area contributed by atoms with E-state index in [-0.39, 0.29) is 5.69 Å². The summed E-state index contributed by atoms with van der Waals surface area (Å²) < 4.78 is 10.7. The Labute approximate surface area is 181 Å². The van der Waals surface area contributed by atoms with Gasteiger partial charge in [-0.15, -0.1) is 0 Å². The van der Waals surface area contributed by atoms with Crippen LogP contribution >= 0.6 is 0 Å². The molecule has 0 aliphatic carbocycles. The van der Waals surface area contributed by atoms with Crippen molar-refractivity contribution >= 4 is 5.69 Å². The summed E-state index contributed by atoms with van der Waals surface area (Å²) in [4.78, 5) is 19.4. The predicted octanol–water partition coefficient (Wildman–Crippen LogP) is 1.84. The number of β-amino-alcohol motifs (C(OH)–C–C–N with tert-alkyl or cyclic N) is 1. The first-order valence-electron chi connectivity index (χ1n) is 10.7. The quantitative estimate of drug-likeness (QED) is 0.418. The van der Waals surface area contributed by atoms with Crippen LogP contribution in [0, 0.1) is 16.0 Å². The lowest BCUT2D eigenvalue weighted by Crippen LogP contribution is -2.45. The monoisotopic (exact) mass is 433 g/mol. The highest BCUT2D eigenvalue weighted by atomic mass is 16.6. The Hall–Kier alpha value is -2.40. The molecule has 1 aliphatic rings. The number of morpholine rings is 1. The molecule has 10 nitrogen and oxygen atoms in total. The van der Waals surface area contributed by atoms with Crippen molar-refractivity contribution in [2.24, 2.45) is 5.92 Å². The maximum absolute atomic E-state index is 11.0. The lowest BCUT2D eigenvalue weighted by molar-refractivity contribution is -0.384. The number of hydrogen-bond acceptors (Lipinski definition) is 9. The number of aliphatic hydroxyl groups is 1. The lowest BCUT2D eigenvalue weighted by Gasteiger charge is -2.31. The fraction of sp³-hybridized carbons (Fsp3) is 0.619. The highest BCUT2D eigenvalue weighted by molar-refractivity contribution is 5.58. The smallest absolute Gasteiger partial charge is 0.270 e. The largest absolute Gasteiger partial charge is 0.390 e. The Kier molecular flexibility index (Phi) is 8.47. The van der Waals surface area contributed by atoms with Crippen molar-refractivity contribution in [2.45, 2.75) is 26.4 Å². The molecule has 2 heterocycles. The van der Waals surface area contributed by atoms with Gasteiger partial charge in [0.15, 0.2) is 0 Å². The van der Waals surface area contributed by atoms with Crippen LogP contribution in [0.1, 0.15) is 19.7 Å². The number of nitro groups is 1. The molecular formula is C21H31N5O5. The third-order valence-corrected chi connectivity index (χ3v) is 5.09. The molecule has 10 heteroatoms. The molecule has 1 aromatic carbocycles. The van der Waals surface area contributed by atoms with E-state index in [1.807, 2.05) is 0 Å². The number of nitrogens with zero attached hydrogens (tertiary/aromatic N) is 5. The van der Waals surface area contributed by atoms with Gasteiger partial charge < -0.3 is 14.4 Å². The Bertz CT molecular complexity index is 837. The molecule has 1 N–H and O–H groups in total. The zero-order valence-corrected chi connectivity index (χ0v) is 18.1. The van der Waals surface area contributed by atoms with E-state index in [0.717, 1.165) is 19.6 Å². The molecular weight excluding hydrogens is 402 g/mol. The van der Waals surface area contributed by atoms with E-state index in [1.165, 1.54) is 12.1 Å². The molecule has 0 bridgehead atoms. The minimum Gasteiger partial charge on any atom is -0.390 e. The number of benzene rings is 1. The Morgan fingerprint density at radius 3 is 2.77 bits per heavy atom. The summed E-state index contributed by atoms with van der Waals surface area (Å²) in [5.41, 5.74) is 0.533. The first kappa shape index (κ1) is 23.3. The minimum absolute atomic E-state index is 0.0128. The van der Waals surface area contributed by atoms with Gasteiger partial charge in [0.05, 0.1) is 24.2 Å². The molecule has 31 heavy (non-hydrogen) atoms. The van der Waals surface area contributed by atoms with Crippen molar-refractivity contribution < 1.29 is 19.3 Å². The van der Waals surface area contributed by atoms with Crippen LogP contribution in [-0.4, -0.2) is 88.6 Å². The molecule has 1 atom stereocenters. The van der Waals surface area contributed by atoms with Crippen LogP contribution in [0.3, 0.4) is 0 Å². The number of ether oxygens (including phenoxy) is 1. The van der Waals surface area contributed by atoms with Crippen molar-refractivity contribution in [2.75, 3.05) is 52.5 Å². The van der Waals surface area contributed by atoms with Crippen molar-refractivity contribution in [1.29, 1.82) is 0 Å². The van der Waals surface area contributed by atoms with Crippen LogP contribution in [0.4, 0.5) is 5.69 Å². The van der Waals surface area contributed by atoms with Crippen molar-refractivity contribution in [3.05, 3.63) is 40.3 Å². The van der Waals surface area contributed by atoms with Gasteiger partial charge in [0.2, 0.25) is 11.7 Å². The molecule has 1 fully saturated rings. The topological polar surface area (TPSA) is 118 Å². The molecule has 0 saturated carbocycles. The van der Waals surface area contributed by atoms with Crippen LogP contribution in [0.5, 0.6) is 0 Å². The van der Waals surface area contributed by atoms with Gasteiger partial charge in [-0.05, 0) is 5.92 Å². The number of non-ortho nitro benzene ring substituents is 1. The van der Waals surface area contributed by atoms with Crippen LogP contribution in [-0.2, 0) is 11.2 Å². The molecule has 0 spiro atoms. The molecule has 1 saturated heterocycles. The molecule has 1 aromatic heterocycles. The summed E-state index contributed by atoms with van der Waals surface area (Å²) in [6.45, 7) is 10.2. The average Bonchev–Trinajstić information content (AvgIpc) is 3.21. The molecule has 2 aromatic rings. The Morgan fingerprint density at radius 2 is 2.06 bits per heavy atom. The molecule has 1 aliphatic heterocycles. The fourth-order valence-electron chi connectivity index (χ4n) is 3.70. The zero-order valence-electron chi connectivity index (χ0n) is 18.1. The lowest BCUT2D eigenvalue weighted by atomic mass is 10.1. The van der Waals surface area contributed by atoms with Gasteiger partial charge in [-0.3, -0.25) is 19.9 Å². The average molecular weight is 434 g/mol. The maximum atomic E-state index is 11.0. The van der Waals surface area contributed by atoms with Crippen molar-refractivity contribution in [3.8, 4) is 11.4 Å². The van der Waals surface area contributed by atoms with Gasteiger partial charge in [-0.2, -0.15) is 4.98 Å². The number of rotatable bonds is 11. The van der Waals surface area contributed by atoms with E-state index < -0.39 is 11.0 Å². The van der Waals surface area contributed by atoms with E-state index in [2.05, 4.69) is 33.8 Å².